The molecule has 6 rings (SSSR count). The fourth-order valence-electron chi connectivity index (χ4n) is 4.78. The van der Waals surface area contributed by atoms with Gasteiger partial charge in [0, 0.05) is 54.4 Å². The van der Waals surface area contributed by atoms with E-state index in [1.807, 2.05) is 25.1 Å². The van der Waals surface area contributed by atoms with Crippen LogP contribution in [0.15, 0.2) is 47.8 Å². The van der Waals surface area contributed by atoms with E-state index >= 15 is 0 Å². The highest BCUT2D eigenvalue weighted by Gasteiger charge is 2.29. The van der Waals surface area contributed by atoms with Crippen molar-refractivity contribution in [3.05, 3.63) is 70.3 Å². The molecule has 194 valence electrons. The summed E-state index contributed by atoms with van der Waals surface area (Å²) in [6, 6.07) is 7.30. The number of nitrogens with one attached hydrogen (secondary N) is 2. The van der Waals surface area contributed by atoms with Crippen molar-refractivity contribution in [2.45, 2.75) is 32.9 Å². The zero-order chi connectivity index (χ0) is 26.1. The highest BCUT2D eigenvalue weighted by Crippen LogP contribution is 2.32. The van der Waals surface area contributed by atoms with E-state index in [-0.39, 0.29) is 11.6 Å². The molecule has 0 bridgehead atoms. The predicted octanol–water partition coefficient (Wildman–Crippen LogP) is 2.25. The van der Waals surface area contributed by atoms with E-state index in [0.717, 1.165) is 48.1 Å². The Balaban J connectivity index is 1.35. The van der Waals surface area contributed by atoms with Crippen LogP contribution in [-0.2, 0) is 17.7 Å². The molecule has 0 aliphatic carbocycles. The van der Waals surface area contributed by atoms with Gasteiger partial charge < -0.3 is 19.9 Å². The van der Waals surface area contributed by atoms with Crippen molar-refractivity contribution in [3.8, 4) is 11.4 Å². The van der Waals surface area contributed by atoms with Crippen LogP contribution in [-0.4, -0.2) is 67.2 Å². The highest BCUT2D eigenvalue weighted by atomic mass is 16.5. The number of anilines is 4. The molecule has 4 aromatic heterocycles. The number of aryl methyl sites for hydroxylation is 1. The van der Waals surface area contributed by atoms with E-state index in [1.165, 1.54) is 17.8 Å². The Morgan fingerprint density at radius 3 is 2.82 bits per heavy atom. The van der Waals surface area contributed by atoms with Gasteiger partial charge in [0.05, 0.1) is 31.5 Å². The van der Waals surface area contributed by atoms with E-state index in [2.05, 4.69) is 47.0 Å². The number of morpholine rings is 1. The van der Waals surface area contributed by atoms with Crippen LogP contribution >= 0.6 is 0 Å². The number of fused-ring (bicyclic) bond motifs is 1. The fraction of sp³-hybridized carbons (Fsp3) is 0.346. The molecule has 1 atom stereocenters. The molecule has 1 saturated heterocycles. The number of nitrogens with zero attached hydrogens (tertiary/aromatic N) is 8. The fourth-order valence-corrected chi connectivity index (χ4v) is 4.78. The molecule has 0 aromatic carbocycles. The molecule has 0 amide bonds. The van der Waals surface area contributed by atoms with E-state index in [1.54, 1.807) is 12.5 Å². The minimum Gasteiger partial charge on any atom is -0.377 e. The minimum absolute atomic E-state index is 0.211. The number of aromatic amines is 1. The van der Waals surface area contributed by atoms with Crippen molar-refractivity contribution < 1.29 is 4.74 Å². The molecule has 0 radical (unpaired) electrons. The average molecular weight is 513 g/mol. The number of rotatable bonds is 5. The molecular weight excluding hydrogens is 484 g/mol. The second-order valence-electron chi connectivity index (χ2n) is 9.44. The number of H-pyrrole nitrogens is 1. The first-order chi connectivity index (χ1) is 18.5. The van der Waals surface area contributed by atoms with E-state index < -0.39 is 0 Å². The van der Waals surface area contributed by atoms with Gasteiger partial charge in [-0.2, -0.15) is 0 Å². The summed E-state index contributed by atoms with van der Waals surface area (Å²) in [6.07, 6.45) is 5.60. The van der Waals surface area contributed by atoms with Crippen LogP contribution in [0.4, 0.5) is 23.4 Å². The Kier molecular flexibility index (Phi) is 6.38. The first kappa shape index (κ1) is 23.9. The molecule has 2 aliphatic rings. The number of ether oxygens (including phenoxy) is 1. The molecule has 2 N–H and O–H groups in total. The van der Waals surface area contributed by atoms with Crippen molar-refractivity contribution in [2.24, 2.45) is 0 Å². The number of hydrogen-bond donors (Lipinski definition) is 2. The monoisotopic (exact) mass is 512 g/mol. The number of pyridine rings is 1. The third kappa shape index (κ3) is 4.90. The smallest absolute Gasteiger partial charge is 0.252 e. The van der Waals surface area contributed by atoms with Gasteiger partial charge in [-0.1, -0.05) is 0 Å². The Hall–Kier alpha value is -4.45. The summed E-state index contributed by atoms with van der Waals surface area (Å²) in [7, 11) is 0. The van der Waals surface area contributed by atoms with Crippen LogP contribution in [0.1, 0.15) is 23.9 Å². The SMILES string of the molecule is Cc1cc(N2CCc3c(nc(-c4ccc(Nc5nccc(=O)[nH]5)nc4)nc3N3CCOCC3C)C2)ncn1. The van der Waals surface area contributed by atoms with Gasteiger partial charge in [0.1, 0.15) is 23.8 Å². The van der Waals surface area contributed by atoms with Gasteiger partial charge in [0.15, 0.2) is 5.82 Å². The van der Waals surface area contributed by atoms with Gasteiger partial charge in [0.25, 0.3) is 5.56 Å². The molecule has 2 aliphatic heterocycles. The Bertz CT molecular complexity index is 1510. The van der Waals surface area contributed by atoms with Gasteiger partial charge >= 0.3 is 0 Å². The Morgan fingerprint density at radius 2 is 2.03 bits per heavy atom. The van der Waals surface area contributed by atoms with Gasteiger partial charge in [-0.15, -0.1) is 0 Å². The summed E-state index contributed by atoms with van der Waals surface area (Å²) in [4.78, 5) is 46.2. The summed E-state index contributed by atoms with van der Waals surface area (Å²) in [6.45, 7) is 7.71. The summed E-state index contributed by atoms with van der Waals surface area (Å²) < 4.78 is 5.70. The van der Waals surface area contributed by atoms with Crippen LogP contribution in [0, 0.1) is 6.92 Å². The van der Waals surface area contributed by atoms with Gasteiger partial charge in [0.2, 0.25) is 5.95 Å². The van der Waals surface area contributed by atoms with Crippen molar-refractivity contribution in [1.82, 2.24) is 34.9 Å². The lowest BCUT2D eigenvalue weighted by Crippen LogP contribution is -2.45. The van der Waals surface area contributed by atoms with Gasteiger partial charge in [-0.05, 0) is 32.4 Å². The quantitative estimate of drug-likeness (QED) is 0.407. The van der Waals surface area contributed by atoms with Crippen molar-refractivity contribution in [1.29, 1.82) is 0 Å². The summed E-state index contributed by atoms with van der Waals surface area (Å²) in [5.74, 6) is 3.35. The first-order valence-electron chi connectivity index (χ1n) is 12.6. The Morgan fingerprint density at radius 1 is 1.11 bits per heavy atom. The zero-order valence-electron chi connectivity index (χ0n) is 21.3. The maximum atomic E-state index is 11.6. The first-order valence-corrected chi connectivity index (χ1v) is 12.6. The normalized spacial score (nSPS) is 17.3. The van der Waals surface area contributed by atoms with Crippen molar-refractivity contribution in [2.75, 3.05) is 41.4 Å². The molecule has 12 heteroatoms. The third-order valence-electron chi connectivity index (χ3n) is 6.74. The molecule has 38 heavy (non-hydrogen) atoms. The lowest BCUT2D eigenvalue weighted by Gasteiger charge is -2.38. The van der Waals surface area contributed by atoms with Crippen molar-refractivity contribution >= 4 is 23.4 Å². The maximum Gasteiger partial charge on any atom is 0.252 e. The molecule has 4 aromatic rings. The van der Waals surface area contributed by atoms with Crippen LogP contribution in [0.3, 0.4) is 0 Å². The lowest BCUT2D eigenvalue weighted by molar-refractivity contribution is 0.0984. The average Bonchev–Trinajstić information content (AvgIpc) is 2.93. The highest BCUT2D eigenvalue weighted by molar-refractivity contribution is 5.63. The lowest BCUT2D eigenvalue weighted by atomic mass is 10.0. The van der Waals surface area contributed by atoms with Gasteiger partial charge in [-0.25, -0.2) is 29.9 Å². The van der Waals surface area contributed by atoms with Crippen LogP contribution in [0.5, 0.6) is 0 Å². The summed E-state index contributed by atoms with van der Waals surface area (Å²) in [5, 5.41) is 3.01. The maximum absolute atomic E-state index is 11.6. The van der Waals surface area contributed by atoms with E-state index in [9.17, 15) is 4.79 Å². The molecule has 12 nitrogen and oxygen atoms in total. The predicted molar refractivity (Wildman–Crippen MR) is 143 cm³/mol. The van der Waals surface area contributed by atoms with Crippen LogP contribution in [0.2, 0.25) is 0 Å². The number of hydrogen-bond acceptors (Lipinski definition) is 11. The second kappa shape index (κ2) is 10.1. The third-order valence-corrected chi connectivity index (χ3v) is 6.74. The summed E-state index contributed by atoms with van der Waals surface area (Å²) in [5.41, 5.74) is 3.65. The molecular formula is C26H28N10O2. The topological polar surface area (TPSA) is 138 Å². The largest absolute Gasteiger partial charge is 0.377 e. The van der Waals surface area contributed by atoms with E-state index in [0.29, 0.717) is 37.3 Å². The summed E-state index contributed by atoms with van der Waals surface area (Å²) >= 11 is 0. The standard InChI is InChI=1S/C26H28N10O2/c1-16-11-22(30-15-29-16)35-8-6-19-20(13-35)31-24(34-25(19)36-9-10-38-14-17(36)2)18-3-4-21(28-12-18)32-26-27-7-5-23(37)33-26/h3-5,7,11-12,15,17H,6,8-10,13-14H2,1-2H3,(H2,27,28,32,33,37). The Labute approximate surface area is 219 Å². The van der Waals surface area contributed by atoms with Crippen LogP contribution < -0.4 is 20.7 Å². The van der Waals surface area contributed by atoms with Gasteiger partial charge in [-0.3, -0.25) is 9.78 Å². The van der Waals surface area contributed by atoms with Crippen LogP contribution in [0.25, 0.3) is 11.4 Å². The number of aromatic nitrogens is 7. The van der Waals surface area contributed by atoms with Crippen molar-refractivity contribution in [3.63, 3.8) is 0 Å². The second-order valence-corrected chi connectivity index (χ2v) is 9.44. The zero-order valence-corrected chi connectivity index (χ0v) is 21.3. The molecule has 6 heterocycles. The minimum atomic E-state index is -0.238. The molecule has 1 unspecified atom stereocenters. The molecule has 0 spiro atoms. The van der Waals surface area contributed by atoms with E-state index in [4.69, 9.17) is 14.7 Å². The molecule has 0 saturated carbocycles. The molecule has 1 fully saturated rings.